The van der Waals surface area contributed by atoms with E-state index in [0.717, 1.165) is 56.2 Å². The maximum Gasteiger partial charge on any atom is 0.271 e. The molecular weight excluding hydrogens is 318 g/mol. The van der Waals surface area contributed by atoms with E-state index < -0.39 is 0 Å². The van der Waals surface area contributed by atoms with Crippen LogP contribution in [0.5, 0.6) is 0 Å². The standard InChI is InChI=1S/C17H25N7O/c1-3-15-21-16(23-22-15)11-24-6-4-13(5-7-24)9-20-17(25)14-10-18-12(2)8-19-14/h8,10,13H,3-7,9,11H2,1-2H3,(H,20,25)(H,21,22,23). The number of aryl methyl sites for hydroxylation is 2. The Morgan fingerprint density at radius 2 is 2.12 bits per heavy atom. The van der Waals surface area contributed by atoms with Crippen LogP contribution >= 0.6 is 0 Å². The highest BCUT2D eigenvalue weighted by atomic mass is 16.1. The van der Waals surface area contributed by atoms with Crippen molar-refractivity contribution in [1.29, 1.82) is 0 Å². The summed E-state index contributed by atoms with van der Waals surface area (Å²) in [6, 6.07) is 0. The average Bonchev–Trinajstić information content (AvgIpc) is 3.09. The second kappa shape index (κ2) is 8.15. The van der Waals surface area contributed by atoms with E-state index in [-0.39, 0.29) is 5.91 Å². The van der Waals surface area contributed by atoms with Crippen LogP contribution in [-0.4, -0.2) is 55.6 Å². The van der Waals surface area contributed by atoms with Crippen molar-refractivity contribution in [2.24, 2.45) is 5.92 Å². The van der Waals surface area contributed by atoms with E-state index in [0.29, 0.717) is 18.2 Å². The van der Waals surface area contributed by atoms with Gasteiger partial charge >= 0.3 is 0 Å². The van der Waals surface area contributed by atoms with Crippen LogP contribution in [0.25, 0.3) is 0 Å². The van der Waals surface area contributed by atoms with Gasteiger partial charge in [-0.15, -0.1) is 0 Å². The van der Waals surface area contributed by atoms with Gasteiger partial charge in [-0.1, -0.05) is 6.92 Å². The van der Waals surface area contributed by atoms with Crippen LogP contribution in [0, 0.1) is 12.8 Å². The summed E-state index contributed by atoms with van der Waals surface area (Å²) in [5.74, 6) is 2.15. The third-order valence-electron chi connectivity index (χ3n) is 4.54. The highest BCUT2D eigenvalue weighted by Gasteiger charge is 2.21. The van der Waals surface area contributed by atoms with Gasteiger partial charge in [0.15, 0.2) is 0 Å². The molecule has 2 N–H and O–H groups in total. The van der Waals surface area contributed by atoms with E-state index >= 15 is 0 Å². The minimum Gasteiger partial charge on any atom is -0.350 e. The fraction of sp³-hybridized carbons (Fsp3) is 0.588. The van der Waals surface area contributed by atoms with Gasteiger partial charge < -0.3 is 5.32 Å². The van der Waals surface area contributed by atoms with Crippen LogP contribution < -0.4 is 5.32 Å². The van der Waals surface area contributed by atoms with E-state index in [1.54, 1.807) is 6.20 Å². The summed E-state index contributed by atoms with van der Waals surface area (Å²) in [6.45, 7) is 7.41. The monoisotopic (exact) mass is 343 g/mol. The van der Waals surface area contributed by atoms with Crippen molar-refractivity contribution in [3.8, 4) is 0 Å². The maximum atomic E-state index is 12.1. The lowest BCUT2D eigenvalue weighted by Gasteiger charge is -2.31. The molecule has 2 aromatic rings. The Hall–Kier alpha value is -2.35. The number of nitrogens with one attached hydrogen (secondary N) is 2. The number of amides is 1. The fourth-order valence-corrected chi connectivity index (χ4v) is 2.96. The normalized spacial score (nSPS) is 16.1. The van der Waals surface area contributed by atoms with Gasteiger partial charge in [0.25, 0.3) is 5.91 Å². The lowest BCUT2D eigenvalue weighted by atomic mass is 9.97. The molecule has 1 fully saturated rings. The van der Waals surface area contributed by atoms with Crippen molar-refractivity contribution in [2.75, 3.05) is 19.6 Å². The number of hydrogen-bond acceptors (Lipinski definition) is 6. The van der Waals surface area contributed by atoms with Crippen molar-refractivity contribution < 1.29 is 4.79 Å². The molecule has 0 bridgehead atoms. The molecule has 2 aromatic heterocycles. The van der Waals surface area contributed by atoms with Crippen molar-refractivity contribution >= 4 is 5.91 Å². The number of hydrogen-bond donors (Lipinski definition) is 2. The smallest absolute Gasteiger partial charge is 0.271 e. The Kier molecular flexibility index (Phi) is 5.70. The lowest BCUT2D eigenvalue weighted by Crippen LogP contribution is -2.38. The number of aromatic amines is 1. The van der Waals surface area contributed by atoms with Gasteiger partial charge in [-0.25, -0.2) is 9.97 Å². The minimum atomic E-state index is -0.149. The van der Waals surface area contributed by atoms with Crippen molar-refractivity contribution in [3.05, 3.63) is 35.4 Å². The SMILES string of the molecule is CCc1n[nH]c(CN2CCC(CNC(=O)c3cnc(C)cn3)CC2)n1. The number of carbonyl (C=O) groups is 1. The lowest BCUT2D eigenvalue weighted by molar-refractivity contribution is 0.0929. The van der Waals surface area contributed by atoms with Crippen LogP contribution in [0.2, 0.25) is 0 Å². The van der Waals surface area contributed by atoms with E-state index in [1.165, 1.54) is 6.20 Å². The topological polar surface area (TPSA) is 99.7 Å². The molecule has 8 nitrogen and oxygen atoms in total. The second-order valence-electron chi connectivity index (χ2n) is 6.52. The first-order valence-corrected chi connectivity index (χ1v) is 8.83. The molecule has 0 spiro atoms. The van der Waals surface area contributed by atoms with Crippen LogP contribution in [0.15, 0.2) is 12.4 Å². The van der Waals surface area contributed by atoms with Gasteiger partial charge in [0, 0.05) is 19.2 Å². The first kappa shape index (κ1) is 17.5. The first-order chi connectivity index (χ1) is 12.1. The Balaban J connectivity index is 1.40. The largest absolute Gasteiger partial charge is 0.350 e. The zero-order valence-corrected chi connectivity index (χ0v) is 14.8. The highest BCUT2D eigenvalue weighted by molar-refractivity contribution is 5.91. The third kappa shape index (κ3) is 4.82. The molecule has 0 radical (unpaired) electrons. The first-order valence-electron chi connectivity index (χ1n) is 8.83. The Morgan fingerprint density at radius 1 is 1.32 bits per heavy atom. The molecule has 1 aliphatic rings. The van der Waals surface area contributed by atoms with Gasteiger partial charge in [-0.2, -0.15) is 5.10 Å². The minimum absolute atomic E-state index is 0.149. The van der Waals surface area contributed by atoms with Gasteiger partial charge in [0.05, 0.1) is 18.4 Å². The molecule has 0 saturated carbocycles. The number of aromatic nitrogens is 5. The third-order valence-corrected chi connectivity index (χ3v) is 4.54. The Bertz CT molecular complexity index is 689. The summed E-state index contributed by atoms with van der Waals surface area (Å²) in [6.07, 6.45) is 6.11. The summed E-state index contributed by atoms with van der Waals surface area (Å²) in [5.41, 5.74) is 1.18. The van der Waals surface area contributed by atoms with Crippen molar-refractivity contribution in [3.63, 3.8) is 0 Å². The molecule has 1 amide bonds. The zero-order chi connectivity index (χ0) is 17.6. The molecular formula is C17H25N7O. The van der Waals surface area contributed by atoms with E-state index in [2.05, 4.69) is 42.3 Å². The second-order valence-corrected chi connectivity index (χ2v) is 6.52. The summed E-state index contributed by atoms with van der Waals surface area (Å²) < 4.78 is 0. The molecule has 0 aromatic carbocycles. The number of likely N-dealkylation sites (tertiary alicyclic amines) is 1. The average molecular weight is 343 g/mol. The molecule has 0 unspecified atom stereocenters. The zero-order valence-electron chi connectivity index (χ0n) is 14.8. The summed E-state index contributed by atoms with van der Waals surface area (Å²) in [4.78, 5) is 27.2. The molecule has 0 aliphatic carbocycles. The van der Waals surface area contributed by atoms with Crippen LogP contribution in [-0.2, 0) is 13.0 Å². The molecule has 3 heterocycles. The number of H-pyrrole nitrogens is 1. The molecule has 1 saturated heterocycles. The van der Waals surface area contributed by atoms with Crippen LogP contribution in [0.4, 0.5) is 0 Å². The van der Waals surface area contributed by atoms with Gasteiger partial charge in [0.1, 0.15) is 17.3 Å². The van der Waals surface area contributed by atoms with E-state index in [9.17, 15) is 4.79 Å². The summed E-state index contributed by atoms with van der Waals surface area (Å²) in [5, 5.41) is 10.2. The molecule has 1 aliphatic heterocycles. The van der Waals surface area contributed by atoms with E-state index in [4.69, 9.17) is 0 Å². The molecule has 0 atom stereocenters. The fourth-order valence-electron chi connectivity index (χ4n) is 2.96. The van der Waals surface area contributed by atoms with Crippen molar-refractivity contribution in [2.45, 2.75) is 39.7 Å². The van der Waals surface area contributed by atoms with E-state index in [1.807, 2.05) is 6.92 Å². The quantitative estimate of drug-likeness (QED) is 0.815. The Morgan fingerprint density at radius 3 is 2.76 bits per heavy atom. The summed E-state index contributed by atoms with van der Waals surface area (Å²) in [7, 11) is 0. The molecule has 3 rings (SSSR count). The maximum absolute atomic E-state index is 12.1. The van der Waals surface area contributed by atoms with Crippen LogP contribution in [0.3, 0.4) is 0 Å². The predicted octanol–water partition coefficient (Wildman–Crippen LogP) is 1.11. The van der Waals surface area contributed by atoms with Gasteiger partial charge in [-0.3, -0.25) is 19.8 Å². The van der Waals surface area contributed by atoms with Crippen LogP contribution in [0.1, 0.15) is 47.6 Å². The summed E-state index contributed by atoms with van der Waals surface area (Å²) >= 11 is 0. The Labute approximate surface area is 147 Å². The number of nitrogens with zero attached hydrogens (tertiary/aromatic N) is 5. The number of piperidine rings is 1. The molecule has 134 valence electrons. The van der Waals surface area contributed by atoms with Gasteiger partial charge in [-0.05, 0) is 38.8 Å². The number of carbonyl (C=O) groups excluding carboxylic acids is 1. The molecule has 25 heavy (non-hydrogen) atoms. The van der Waals surface area contributed by atoms with Gasteiger partial charge in [0.2, 0.25) is 0 Å². The predicted molar refractivity (Wildman–Crippen MR) is 92.9 cm³/mol. The molecule has 8 heteroatoms. The van der Waals surface area contributed by atoms with Crippen molar-refractivity contribution in [1.82, 2.24) is 35.4 Å². The highest BCUT2D eigenvalue weighted by Crippen LogP contribution is 2.17. The number of rotatable bonds is 6.